The van der Waals surface area contributed by atoms with E-state index >= 15 is 0 Å². The summed E-state index contributed by atoms with van der Waals surface area (Å²) in [7, 11) is 0. The Morgan fingerprint density at radius 3 is 1.88 bits per heavy atom. The van der Waals surface area contributed by atoms with Gasteiger partial charge in [-0.1, -0.05) is 68.3 Å². The third-order valence-electron chi connectivity index (χ3n) is 5.73. The molecule has 26 heavy (non-hydrogen) atoms. The highest BCUT2D eigenvalue weighted by atomic mass is 19.3. The summed E-state index contributed by atoms with van der Waals surface area (Å²) in [6.45, 7) is 3.25. The highest BCUT2D eigenvalue weighted by molar-refractivity contribution is 5.64. The van der Waals surface area contributed by atoms with Crippen molar-refractivity contribution in [1.82, 2.24) is 0 Å². The van der Waals surface area contributed by atoms with E-state index in [0.717, 1.165) is 24.0 Å². The van der Waals surface area contributed by atoms with Crippen LogP contribution in [-0.2, 0) is 6.42 Å². The van der Waals surface area contributed by atoms with E-state index < -0.39 is 5.92 Å². The van der Waals surface area contributed by atoms with Crippen molar-refractivity contribution < 1.29 is 8.78 Å². The lowest BCUT2D eigenvalue weighted by Crippen LogP contribution is -2.13. The van der Waals surface area contributed by atoms with Gasteiger partial charge in [0.25, 0.3) is 0 Å². The zero-order chi connectivity index (χ0) is 18.6. The molecule has 0 amide bonds. The Bertz CT molecular complexity index is 672. The number of hydrogen-bond acceptors (Lipinski definition) is 0. The molecule has 0 heterocycles. The van der Waals surface area contributed by atoms with Crippen molar-refractivity contribution in [2.75, 3.05) is 0 Å². The van der Waals surface area contributed by atoms with Crippen LogP contribution < -0.4 is 0 Å². The lowest BCUT2D eigenvalue weighted by atomic mass is 9.77. The number of benzene rings is 2. The van der Waals surface area contributed by atoms with Crippen LogP contribution in [0.4, 0.5) is 8.78 Å². The molecule has 1 fully saturated rings. The molecular formula is C24H30F2. The van der Waals surface area contributed by atoms with Gasteiger partial charge in [-0.3, -0.25) is 0 Å². The fourth-order valence-corrected chi connectivity index (χ4v) is 4.31. The van der Waals surface area contributed by atoms with E-state index in [2.05, 4.69) is 31.2 Å². The van der Waals surface area contributed by atoms with E-state index in [1.165, 1.54) is 44.1 Å². The van der Waals surface area contributed by atoms with Crippen molar-refractivity contribution in [3.8, 4) is 11.1 Å². The Hall–Kier alpha value is -1.70. The fraction of sp³-hybridized carbons (Fsp3) is 0.500. The Balaban J connectivity index is 1.63. The first-order chi connectivity index (χ1) is 12.4. The van der Waals surface area contributed by atoms with Gasteiger partial charge in [-0.15, -0.1) is 0 Å². The van der Waals surface area contributed by atoms with Crippen molar-refractivity contribution >= 4 is 0 Å². The summed E-state index contributed by atoms with van der Waals surface area (Å²) < 4.78 is 26.2. The van der Waals surface area contributed by atoms with Gasteiger partial charge in [0.05, 0.1) is 0 Å². The van der Waals surface area contributed by atoms with Crippen LogP contribution in [0.1, 0.15) is 69.4 Å². The van der Waals surface area contributed by atoms with Crippen LogP contribution in [0.5, 0.6) is 0 Å². The van der Waals surface area contributed by atoms with Crippen molar-refractivity contribution in [2.24, 2.45) is 5.92 Å². The smallest absolute Gasteiger partial charge is 0.207 e. The molecule has 1 aliphatic carbocycles. The summed E-state index contributed by atoms with van der Waals surface area (Å²) in [6, 6.07) is 16.4. The first-order valence-electron chi connectivity index (χ1n) is 10.0. The van der Waals surface area contributed by atoms with Gasteiger partial charge in [-0.2, -0.15) is 0 Å². The lowest BCUT2D eigenvalue weighted by Gasteiger charge is -2.28. The third-order valence-corrected chi connectivity index (χ3v) is 5.73. The maximum Gasteiger partial charge on any atom is 0.249 e. The van der Waals surface area contributed by atoms with Gasteiger partial charge < -0.3 is 0 Å². The second kappa shape index (κ2) is 8.33. The first kappa shape index (κ1) is 19.1. The summed E-state index contributed by atoms with van der Waals surface area (Å²) in [5.74, 6) is -1.02. The summed E-state index contributed by atoms with van der Waals surface area (Å²) in [4.78, 5) is 0. The first-order valence-corrected chi connectivity index (χ1v) is 10.0. The third kappa shape index (κ3) is 5.16. The van der Waals surface area contributed by atoms with Crippen LogP contribution in [-0.4, -0.2) is 5.92 Å². The predicted molar refractivity (Wildman–Crippen MR) is 106 cm³/mol. The monoisotopic (exact) mass is 356 g/mol. The molecule has 140 valence electrons. The van der Waals surface area contributed by atoms with Crippen LogP contribution in [0.2, 0.25) is 0 Å². The van der Waals surface area contributed by atoms with Gasteiger partial charge >= 0.3 is 0 Å². The van der Waals surface area contributed by atoms with E-state index in [-0.39, 0.29) is 6.42 Å². The van der Waals surface area contributed by atoms with E-state index in [9.17, 15) is 8.78 Å². The SMILES string of the molecule is CCCC1CCC(c2ccc(-c3ccc(CC(C)(F)F)cc3)cc2)CC1. The number of alkyl halides is 2. The fourth-order valence-electron chi connectivity index (χ4n) is 4.31. The topological polar surface area (TPSA) is 0 Å². The summed E-state index contributed by atoms with van der Waals surface area (Å²) in [6.07, 6.45) is 7.83. The van der Waals surface area contributed by atoms with Gasteiger partial charge in [-0.05, 0) is 66.7 Å². The van der Waals surface area contributed by atoms with Crippen molar-refractivity contribution in [3.05, 3.63) is 59.7 Å². The molecule has 1 aliphatic rings. The molecule has 0 radical (unpaired) electrons. The minimum absolute atomic E-state index is 0.201. The molecule has 0 aliphatic heterocycles. The lowest BCUT2D eigenvalue weighted by molar-refractivity contribution is 0.0226. The van der Waals surface area contributed by atoms with Crippen molar-refractivity contribution in [1.29, 1.82) is 0 Å². The van der Waals surface area contributed by atoms with Crippen LogP contribution >= 0.6 is 0 Å². The van der Waals surface area contributed by atoms with Gasteiger partial charge in [0.15, 0.2) is 0 Å². The maximum atomic E-state index is 13.1. The van der Waals surface area contributed by atoms with Crippen LogP contribution in [0, 0.1) is 5.92 Å². The van der Waals surface area contributed by atoms with Crippen LogP contribution in [0.3, 0.4) is 0 Å². The molecule has 0 bridgehead atoms. The minimum Gasteiger partial charge on any atom is -0.207 e. The van der Waals surface area contributed by atoms with Crippen LogP contribution in [0.15, 0.2) is 48.5 Å². The Labute approximate surface area is 156 Å². The van der Waals surface area contributed by atoms with Crippen LogP contribution in [0.25, 0.3) is 11.1 Å². The normalized spacial score (nSPS) is 20.9. The quantitative estimate of drug-likeness (QED) is 0.499. The van der Waals surface area contributed by atoms with Gasteiger partial charge in [-0.25, -0.2) is 8.78 Å². The second-order valence-corrected chi connectivity index (χ2v) is 8.07. The molecule has 2 aromatic carbocycles. The van der Waals surface area contributed by atoms with Gasteiger partial charge in [0, 0.05) is 6.42 Å². The molecule has 3 rings (SSSR count). The molecule has 2 aromatic rings. The predicted octanol–water partition coefficient (Wildman–Crippen LogP) is 7.63. The van der Waals surface area contributed by atoms with Crippen molar-refractivity contribution in [2.45, 2.75) is 70.6 Å². The van der Waals surface area contributed by atoms with Gasteiger partial charge in [0.2, 0.25) is 5.92 Å². The molecule has 0 saturated heterocycles. The highest BCUT2D eigenvalue weighted by Gasteiger charge is 2.22. The molecule has 0 unspecified atom stereocenters. The summed E-state index contributed by atoms with van der Waals surface area (Å²) in [5, 5.41) is 0. The van der Waals surface area contributed by atoms with Crippen molar-refractivity contribution in [3.63, 3.8) is 0 Å². The van der Waals surface area contributed by atoms with E-state index in [0.29, 0.717) is 11.5 Å². The number of hydrogen-bond donors (Lipinski definition) is 0. The molecule has 0 nitrogen and oxygen atoms in total. The number of rotatable bonds is 6. The Morgan fingerprint density at radius 2 is 1.38 bits per heavy atom. The van der Waals surface area contributed by atoms with E-state index in [1.807, 2.05) is 24.3 Å². The minimum atomic E-state index is -2.65. The number of halogens is 2. The molecule has 0 aromatic heterocycles. The Kier molecular flexibility index (Phi) is 6.11. The average molecular weight is 357 g/mol. The summed E-state index contributed by atoms with van der Waals surface area (Å²) >= 11 is 0. The average Bonchev–Trinajstić information content (AvgIpc) is 2.62. The van der Waals surface area contributed by atoms with Gasteiger partial charge in [0.1, 0.15) is 0 Å². The molecule has 1 saturated carbocycles. The second-order valence-electron chi connectivity index (χ2n) is 8.07. The zero-order valence-electron chi connectivity index (χ0n) is 16.0. The Morgan fingerprint density at radius 1 is 0.846 bits per heavy atom. The highest BCUT2D eigenvalue weighted by Crippen LogP contribution is 2.38. The molecule has 0 atom stereocenters. The maximum absolute atomic E-state index is 13.1. The largest absolute Gasteiger partial charge is 0.249 e. The molecule has 2 heteroatoms. The zero-order valence-corrected chi connectivity index (χ0v) is 16.0. The molecular weight excluding hydrogens is 326 g/mol. The van der Waals surface area contributed by atoms with E-state index in [4.69, 9.17) is 0 Å². The van der Waals surface area contributed by atoms with E-state index in [1.54, 1.807) is 0 Å². The standard InChI is InChI=1S/C24H30F2/c1-3-4-18-5-9-20(10-6-18)22-13-15-23(16-14-22)21-11-7-19(8-12-21)17-24(2,25)26/h7-8,11-16,18,20H,3-6,9-10,17H2,1-2H3. The molecule has 0 N–H and O–H groups in total. The summed E-state index contributed by atoms with van der Waals surface area (Å²) in [5.41, 5.74) is 4.38. The molecule has 0 spiro atoms.